The van der Waals surface area contributed by atoms with Crippen molar-refractivity contribution in [3.05, 3.63) is 52.6 Å². The predicted octanol–water partition coefficient (Wildman–Crippen LogP) is 6.64. The van der Waals surface area contributed by atoms with Crippen LogP contribution < -0.4 is 14.2 Å². The lowest BCUT2D eigenvalue weighted by molar-refractivity contribution is 0.0726. The molecule has 0 saturated heterocycles. The molecule has 0 N–H and O–H groups in total. The maximum Gasteiger partial charge on any atom is 0.343 e. The van der Waals surface area contributed by atoms with Gasteiger partial charge in [0.2, 0.25) is 0 Å². The fourth-order valence-electron chi connectivity index (χ4n) is 3.59. The monoisotopic (exact) mass is 412 g/mol. The number of ether oxygens (including phenoxy) is 3. The molecule has 0 radical (unpaired) electrons. The van der Waals surface area contributed by atoms with Gasteiger partial charge in [0.15, 0.2) is 0 Å². The maximum atomic E-state index is 13.4. The van der Waals surface area contributed by atoms with Crippen LogP contribution in [0.4, 0.5) is 0 Å². The Balaban J connectivity index is 2.70. The summed E-state index contributed by atoms with van der Waals surface area (Å²) in [4.78, 5) is 13.4. The van der Waals surface area contributed by atoms with Gasteiger partial charge in [0.1, 0.15) is 17.2 Å². The first-order valence-corrected chi connectivity index (χ1v) is 10.4. The van der Waals surface area contributed by atoms with Crippen molar-refractivity contribution in [2.75, 3.05) is 14.2 Å². The largest absolute Gasteiger partial charge is 0.497 e. The standard InChI is InChI=1S/C26H36O4/c1-16(2)22-18(12-11-13-21(22)29-10)24(27)30-23-19(25(3,4)5)14-17(28-9)15-20(23)26(6,7)8/h11-16H,1-10H3. The molecule has 30 heavy (non-hydrogen) atoms. The van der Waals surface area contributed by atoms with E-state index in [4.69, 9.17) is 14.2 Å². The highest BCUT2D eigenvalue weighted by molar-refractivity contribution is 5.94. The minimum atomic E-state index is -0.376. The molecular weight excluding hydrogens is 376 g/mol. The summed E-state index contributed by atoms with van der Waals surface area (Å²) < 4.78 is 17.2. The Morgan fingerprint density at radius 3 is 1.80 bits per heavy atom. The Bertz CT molecular complexity index is 877. The quantitative estimate of drug-likeness (QED) is 0.408. The lowest BCUT2D eigenvalue weighted by Gasteiger charge is -2.30. The van der Waals surface area contributed by atoms with E-state index in [0.717, 1.165) is 22.4 Å². The minimum absolute atomic E-state index is 0.115. The van der Waals surface area contributed by atoms with E-state index in [1.807, 2.05) is 38.1 Å². The fourth-order valence-corrected chi connectivity index (χ4v) is 3.59. The zero-order valence-electron chi connectivity index (χ0n) is 20.1. The van der Waals surface area contributed by atoms with Crippen molar-refractivity contribution in [3.63, 3.8) is 0 Å². The maximum absolute atomic E-state index is 13.4. The van der Waals surface area contributed by atoms with E-state index in [1.54, 1.807) is 20.3 Å². The molecular formula is C26H36O4. The molecule has 0 aliphatic rings. The number of hydrogen-bond donors (Lipinski definition) is 0. The lowest BCUT2D eigenvalue weighted by atomic mass is 9.79. The van der Waals surface area contributed by atoms with Crippen LogP contribution in [0, 0.1) is 0 Å². The van der Waals surface area contributed by atoms with Crippen molar-refractivity contribution in [1.29, 1.82) is 0 Å². The van der Waals surface area contributed by atoms with E-state index in [2.05, 4.69) is 41.5 Å². The van der Waals surface area contributed by atoms with Gasteiger partial charge in [0.05, 0.1) is 19.8 Å². The van der Waals surface area contributed by atoms with Crippen molar-refractivity contribution >= 4 is 5.97 Å². The fraction of sp³-hybridized carbons (Fsp3) is 0.500. The van der Waals surface area contributed by atoms with Crippen molar-refractivity contribution in [1.82, 2.24) is 0 Å². The van der Waals surface area contributed by atoms with Gasteiger partial charge in [-0.3, -0.25) is 0 Å². The van der Waals surface area contributed by atoms with E-state index in [-0.39, 0.29) is 22.7 Å². The van der Waals surface area contributed by atoms with Crippen LogP contribution in [0.3, 0.4) is 0 Å². The van der Waals surface area contributed by atoms with Crippen LogP contribution in [-0.4, -0.2) is 20.2 Å². The van der Waals surface area contributed by atoms with Gasteiger partial charge in [0, 0.05) is 16.7 Å². The van der Waals surface area contributed by atoms with Crippen LogP contribution in [0.1, 0.15) is 88.4 Å². The zero-order valence-corrected chi connectivity index (χ0v) is 20.1. The summed E-state index contributed by atoms with van der Waals surface area (Å²) >= 11 is 0. The van der Waals surface area contributed by atoms with E-state index in [9.17, 15) is 4.79 Å². The van der Waals surface area contributed by atoms with Gasteiger partial charge in [-0.25, -0.2) is 4.79 Å². The highest BCUT2D eigenvalue weighted by Gasteiger charge is 2.30. The Morgan fingerprint density at radius 1 is 0.867 bits per heavy atom. The van der Waals surface area contributed by atoms with Gasteiger partial charge in [-0.05, 0) is 41.0 Å². The Labute approximate surface area is 181 Å². The van der Waals surface area contributed by atoms with Gasteiger partial charge in [-0.15, -0.1) is 0 Å². The molecule has 0 spiro atoms. The summed E-state index contributed by atoms with van der Waals surface area (Å²) in [6.07, 6.45) is 0. The summed E-state index contributed by atoms with van der Waals surface area (Å²) in [5.74, 6) is 1.80. The number of benzene rings is 2. The Hall–Kier alpha value is -2.49. The summed E-state index contributed by atoms with van der Waals surface area (Å²) in [6.45, 7) is 16.7. The number of carbonyl (C=O) groups is 1. The SMILES string of the molecule is COc1cc(C(C)(C)C)c(OC(=O)c2cccc(OC)c2C(C)C)c(C(C)(C)C)c1. The van der Waals surface area contributed by atoms with Gasteiger partial charge in [-0.1, -0.05) is 61.5 Å². The lowest BCUT2D eigenvalue weighted by Crippen LogP contribution is -2.23. The van der Waals surface area contributed by atoms with Crippen molar-refractivity contribution in [3.8, 4) is 17.2 Å². The first-order chi connectivity index (χ1) is 13.8. The van der Waals surface area contributed by atoms with E-state index >= 15 is 0 Å². The predicted molar refractivity (Wildman–Crippen MR) is 122 cm³/mol. The molecule has 0 aliphatic carbocycles. The van der Waals surface area contributed by atoms with Gasteiger partial charge in [0.25, 0.3) is 0 Å². The molecule has 0 unspecified atom stereocenters. The van der Waals surface area contributed by atoms with Gasteiger partial charge in [-0.2, -0.15) is 0 Å². The molecule has 4 nitrogen and oxygen atoms in total. The first kappa shape index (κ1) is 23.8. The second-order valence-electron chi connectivity index (χ2n) is 10.0. The molecule has 2 aromatic carbocycles. The number of hydrogen-bond acceptors (Lipinski definition) is 4. The molecule has 164 valence electrons. The van der Waals surface area contributed by atoms with E-state index in [0.29, 0.717) is 17.1 Å². The Kier molecular flexibility index (Phi) is 6.90. The molecule has 0 fully saturated rings. The van der Waals surface area contributed by atoms with E-state index < -0.39 is 0 Å². The number of esters is 1. The topological polar surface area (TPSA) is 44.8 Å². The molecule has 0 bridgehead atoms. The van der Waals surface area contributed by atoms with Crippen LogP contribution in [0.15, 0.2) is 30.3 Å². The number of methoxy groups -OCH3 is 2. The average Bonchev–Trinajstić information content (AvgIpc) is 2.65. The minimum Gasteiger partial charge on any atom is -0.497 e. The normalized spacial score (nSPS) is 12.1. The first-order valence-electron chi connectivity index (χ1n) is 10.4. The molecule has 0 aromatic heterocycles. The summed E-state index contributed by atoms with van der Waals surface area (Å²) in [6, 6.07) is 9.43. The van der Waals surface area contributed by atoms with Crippen molar-refractivity contribution in [2.24, 2.45) is 0 Å². The molecule has 0 amide bonds. The van der Waals surface area contributed by atoms with Crippen LogP contribution in [0.5, 0.6) is 17.2 Å². The third-order valence-corrected chi connectivity index (χ3v) is 5.19. The highest BCUT2D eigenvalue weighted by atomic mass is 16.5. The van der Waals surface area contributed by atoms with E-state index in [1.165, 1.54) is 0 Å². The smallest absolute Gasteiger partial charge is 0.343 e. The Morgan fingerprint density at radius 2 is 1.40 bits per heavy atom. The molecule has 2 aromatic rings. The van der Waals surface area contributed by atoms with Crippen LogP contribution in [0.25, 0.3) is 0 Å². The van der Waals surface area contributed by atoms with Crippen LogP contribution >= 0.6 is 0 Å². The molecule has 0 heterocycles. The second kappa shape index (κ2) is 8.71. The molecule has 4 heteroatoms. The average molecular weight is 413 g/mol. The highest BCUT2D eigenvalue weighted by Crippen LogP contribution is 2.43. The summed E-state index contributed by atoms with van der Waals surface area (Å²) in [5.41, 5.74) is 2.79. The van der Waals surface area contributed by atoms with Crippen molar-refractivity contribution < 1.29 is 19.0 Å². The molecule has 0 saturated carbocycles. The zero-order chi connectivity index (χ0) is 22.9. The molecule has 0 aliphatic heterocycles. The van der Waals surface area contributed by atoms with Crippen LogP contribution in [0.2, 0.25) is 0 Å². The van der Waals surface area contributed by atoms with Gasteiger partial charge >= 0.3 is 5.97 Å². The van der Waals surface area contributed by atoms with Gasteiger partial charge < -0.3 is 14.2 Å². The second-order valence-corrected chi connectivity index (χ2v) is 10.0. The number of carbonyl (C=O) groups excluding carboxylic acids is 1. The third kappa shape index (κ3) is 4.97. The molecule has 2 rings (SSSR count). The summed E-state index contributed by atoms with van der Waals surface area (Å²) in [7, 11) is 3.28. The van der Waals surface area contributed by atoms with Crippen LogP contribution in [-0.2, 0) is 10.8 Å². The summed E-state index contributed by atoms with van der Waals surface area (Å²) in [5, 5.41) is 0. The third-order valence-electron chi connectivity index (χ3n) is 5.19. The van der Waals surface area contributed by atoms with Crippen molar-refractivity contribution in [2.45, 2.75) is 72.1 Å². The number of rotatable bonds is 5. The molecule has 0 atom stereocenters.